The third-order valence-electron chi connectivity index (χ3n) is 2.36. The first-order valence-corrected chi connectivity index (χ1v) is 4.08. The number of nitriles is 1. The Morgan fingerprint density at radius 2 is 2.18 bits per heavy atom. The second-order valence-corrected chi connectivity index (χ2v) is 3.08. The molecule has 0 aliphatic heterocycles. The molecule has 0 aromatic carbocycles. The molecule has 2 atom stereocenters. The molecule has 0 bridgehead atoms. The molecule has 1 fully saturated rings. The summed E-state index contributed by atoms with van der Waals surface area (Å²) in [6, 6.07) is 2.02. The Labute approximate surface area is 66.4 Å². The molecule has 0 N–H and O–H groups in total. The van der Waals surface area contributed by atoms with Crippen molar-refractivity contribution in [2.75, 3.05) is 0 Å². The summed E-state index contributed by atoms with van der Waals surface area (Å²) >= 11 is 0. The van der Waals surface area contributed by atoms with E-state index in [1.807, 2.05) is 0 Å². The first-order chi connectivity index (χ1) is 5.38. The van der Waals surface area contributed by atoms with Crippen LogP contribution in [-0.2, 0) is 0 Å². The van der Waals surface area contributed by atoms with Gasteiger partial charge in [-0.1, -0.05) is 18.0 Å². The number of hydrogen-bond donors (Lipinski definition) is 0. The fraction of sp³-hybridized carbons (Fsp3) is 0.875. The van der Waals surface area contributed by atoms with E-state index in [0.29, 0.717) is 6.42 Å². The van der Waals surface area contributed by atoms with E-state index in [0.717, 1.165) is 25.7 Å². The van der Waals surface area contributed by atoms with E-state index < -0.39 is 0 Å². The smallest absolute Gasteiger partial charge is 0.0957 e. The van der Waals surface area contributed by atoms with E-state index in [-0.39, 0.29) is 12.0 Å². The van der Waals surface area contributed by atoms with Crippen molar-refractivity contribution in [3.63, 3.8) is 0 Å². The van der Waals surface area contributed by atoms with Crippen molar-refractivity contribution in [1.29, 1.82) is 5.26 Å². The van der Waals surface area contributed by atoms with E-state index in [2.05, 4.69) is 11.2 Å². The molecule has 60 valence electrons. The second kappa shape index (κ2) is 4.07. The topological polar surface area (TPSA) is 53.2 Å². The van der Waals surface area contributed by atoms with Gasteiger partial charge in [-0.25, -0.2) is 0 Å². The lowest BCUT2D eigenvalue weighted by Crippen LogP contribution is -2.21. The van der Waals surface area contributed by atoms with Crippen molar-refractivity contribution in [1.82, 2.24) is 0 Å². The molecule has 0 aromatic rings. The highest BCUT2D eigenvalue weighted by Crippen LogP contribution is 2.28. The van der Waals surface area contributed by atoms with E-state index in [9.17, 15) is 4.91 Å². The molecular formula is C8H12N2O. The van der Waals surface area contributed by atoms with Gasteiger partial charge in [-0.3, -0.25) is 0 Å². The van der Waals surface area contributed by atoms with E-state index >= 15 is 0 Å². The Hall–Kier alpha value is -0.910. The second-order valence-electron chi connectivity index (χ2n) is 3.08. The van der Waals surface area contributed by atoms with Crippen LogP contribution in [0.1, 0.15) is 32.1 Å². The maximum Gasteiger partial charge on any atom is 0.0957 e. The van der Waals surface area contributed by atoms with Gasteiger partial charge in [0.05, 0.1) is 12.1 Å². The van der Waals surface area contributed by atoms with Crippen molar-refractivity contribution in [2.24, 2.45) is 11.1 Å². The number of nitrogens with zero attached hydrogens (tertiary/aromatic N) is 2. The van der Waals surface area contributed by atoms with Crippen LogP contribution >= 0.6 is 0 Å². The monoisotopic (exact) mass is 152 g/mol. The van der Waals surface area contributed by atoms with Crippen LogP contribution in [-0.4, -0.2) is 6.04 Å². The Bertz CT molecular complexity index is 173. The summed E-state index contributed by atoms with van der Waals surface area (Å²) in [6.07, 6.45) is 4.63. The number of rotatable bonds is 2. The van der Waals surface area contributed by atoms with E-state index in [1.165, 1.54) is 0 Å². The van der Waals surface area contributed by atoms with Crippen LogP contribution in [0.3, 0.4) is 0 Å². The first-order valence-electron chi connectivity index (χ1n) is 4.08. The Balaban J connectivity index is 2.45. The van der Waals surface area contributed by atoms with Crippen molar-refractivity contribution in [2.45, 2.75) is 38.1 Å². The molecule has 11 heavy (non-hydrogen) atoms. The molecule has 3 heteroatoms. The Morgan fingerprint density at radius 3 is 2.82 bits per heavy atom. The maximum absolute atomic E-state index is 10.3. The lowest BCUT2D eigenvalue weighted by molar-refractivity contribution is 0.313. The highest BCUT2D eigenvalue weighted by molar-refractivity contribution is 4.86. The minimum atomic E-state index is -0.0802. The molecule has 0 radical (unpaired) electrons. The minimum Gasteiger partial charge on any atom is -0.198 e. The standard InChI is InChI=1S/C8H12N2O/c9-6-5-7-3-1-2-4-8(7)10-11/h7-8H,1-5H2. The molecule has 1 saturated carbocycles. The lowest BCUT2D eigenvalue weighted by atomic mass is 9.83. The number of nitroso groups, excluding NO2 is 1. The van der Waals surface area contributed by atoms with Crippen molar-refractivity contribution in [3.05, 3.63) is 4.91 Å². The van der Waals surface area contributed by atoms with Crippen LogP contribution in [0, 0.1) is 22.2 Å². The van der Waals surface area contributed by atoms with Gasteiger partial charge in [-0.15, -0.1) is 0 Å². The van der Waals surface area contributed by atoms with E-state index in [4.69, 9.17) is 5.26 Å². The maximum atomic E-state index is 10.3. The summed E-state index contributed by atoms with van der Waals surface area (Å²) in [4.78, 5) is 10.3. The van der Waals surface area contributed by atoms with Gasteiger partial charge < -0.3 is 0 Å². The van der Waals surface area contributed by atoms with Gasteiger partial charge in [0.15, 0.2) is 0 Å². The van der Waals surface area contributed by atoms with Crippen LogP contribution in [0.25, 0.3) is 0 Å². The quantitative estimate of drug-likeness (QED) is 0.569. The summed E-state index contributed by atoms with van der Waals surface area (Å²) in [5, 5.41) is 11.5. The molecule has 1 aliphatic carbocycles. The highest BCUT2D eigenvalue weighted by Gasteiger charge is 2.25. The van der Waals surface area contributed by atoms with Crippen molar-refractivity contribution in [3.8, 4) is 6.07 Å². The van der Waals surface area contributed by atoms with Crippen LogP contribution in [0.2, 0.25) is 0 Å². The normalized spacial score (nSPS) is 30.8. The van der Waals surface area contributed by atoms with Gasteiger partial charge in [0.1, 0.15) is 0 Å². The zero-order valence-electron chi connectivity index (χ0n) is 6.49. The molecule has 0 aromatic heterocycles. The van der Waals surface area contributed by atoms with Crippen LogP contribution in [0.4, 0.5) is 0 Å². The lowest BCUT2D eigenvalue weighted by Gasteiger charge is -2.23. The number of hydrogen-bond acceptors (Lipinski definition) is 3. The SMILES string of the molecule is N#CCC1CCCCC1N=O. The van der Waals surface area contributed by atoms with Gasteiger partial charge in [0, 0.05) is 6.42 Å². The zero-order valence-corrected chi connectivity index (χ0v) is 6.49. The minimum absolute atomic E-state index is 0.0802. The fourth-order valence-electron chi connectivity index (χ4n) is 1.68. The Morgan fingerprint density at radius 1 is 1.45 bits per heavy atom. The van der Waals surface area contributed by atoms with Gasteiger partial charge >= 0.3 is 0 Å². The van der Waals surface area contributed by atoms with Crippen LogP contribution < -0.4 is 0 Å². The molecule has 0 saturated heterocycles. The molecule has 1 rings (SSSR count). The van der Waals surface area contributed by atoms with Gasteiger partial charge in [-0.05, 0) is 18.8 Å². The highest BCUT2D eigenvalue weighted by atomic mass is 16.3. The molecule has 3 nitrogen and oxygen atoms in total. The summed E-state index contributed by atoms with van der Waals surface area (Å²) in [6.45, 7) is 0. The largest absolute Gasteiger partial charge is 0.198 e. The molecule has 2 unspecified atom stereocenters. The summed E-state index contributed by atoms with van der Waals surface area (Å²) in [5.41, 5.74) is 0. The van der Waals surface area contributed by atoms with Crippen LogP contribution in [0.15, 0.2) is 5.18 Å². The summed E-state index contributed by atoms with van der Waals surface area (Å²) in [7, 11) is 0. The fourth-order valence-corrected chi connectivity index (χ4v) is 1.68. The van der Waals surface area contributed by atoms with E-state index in [1.54, 1.807) is 0 Å². The third-order valence-corrected chi connectivity index (χ3v) is 2.36. The Kier molecular flexibility index (Phi) is 3.03. The summed E-state index contributed by atoms with van der Waals surface area (Å²) < 4.78 is 0. The average molecular weight is 152 g/mol. The van der Waals surface area contributed by atoms with Crippen molar-refractivity contribution >= 4 is 0 Å². The van der Waals surface area contributed by atoms with Gasteiger partial charge in [0.25, 0.3) is 0 Å². The molecule has 0 amide bonds. The molecule has 1 aliphatic rings. The predicted molar refractivity (Wildman–Crippen MR) is 41.8 cm³/mol. The molecule has 0 spiro atoms. The van der Waals surface area contributed by atoms with Gasteiger partial charge in [-0.2, -0.15) is 10.2 Å². The predicted octanol–water partition coefficient (Wildman–Crippen LogP) is 2.23. The average Bonchev–Trinajstić information content (AvgIpc) is 2.06. The van der Waals surface area contributed by atoms with Gasteiger partial charge in [0.2, 0.25) is 0 Å². The molecule has 0 heterocycles. The van der Waals surface area contributed by atoms with Crippen molar-refractivity contribution < 1.29 is 0 Å². The third kappa shape index (κ3) is 2.01. The zero-order chi connectivity index (χ0) is 8.10. The summed E-state index contributed by atoms with van der Waals surface area (Å²) in [5.74, 6) is 0.242. The molecular weight excluding hydrogens is 140 g/mol. The first kappa shape index (κ1) is 8.19. The van der Waals surface area contributed by atoms with Crippen LogP contribution in [0.5, 0.6) is 0 Å².